The summed E-state index contributed by atoms with van der Waals surface area (Å²) in [5.41, 5.74) is 1.15. The van der Waals surface area contributed by atoms with Crippen LogP contribution in [0.2, 0.25) is 0 Å². The molecule has 0 saturated heterocycles. The van der Waals surface area contributed by atoms with Crippen LogP contribution in [0.1, 0.15) is 0 Å². The van der Waals surface area contributed by atoms with Crippen LogP contribution in [-0.2, 0) is 0 Å². The molecule has 0 spiro atoms. The third-order valence-electron chi connectivity index (χ3n) is 1.79. The molecule has 1 aromatic carbocycles. The van der Waals surface area contributed by atoms with E-state index in [9.17, 15) is 0 Å². The van der Waals surface area contributed by atoms with E-state index < -0.39 is 0 Å². The lowest BCUT2D eigenvalue weighted by atomic mass is 10.2. The van der Waals surface area contributed by atoms with E-state index in [1.165, 1.54) is 5.39 Å². The van der Waals surface area contributed by atoms with Crippen molar-refractivity contribution in [2.45, 2.75) is 0 Å². The summed E-state index contributed by atoms with van der Waals surface area (Å²) in [6, 6.07) is 10.2. The maximum absolute atomic E-state index is 5.40. The van der Waals surface area contributed by atoms with E-state index in [0.717, 1.165) is 5.52 Å². The Hall–Kier alpha value is -1.24. The molecule has 0 atom stereocenters. The van der Waals surface area contributed by atoms with E-state index in [0.29, 0.717) is 0 Å². The van der Waals surface area contributed by atoms with Gasteiger partial charge in [-0.15, -0.1) is 0 Å². The molecule has 0 saturated carbocycles. The number of para-hydroxylation sites is 1. The minimum atomic E-state index is 1.15. The van der Waals surface area contributed by atoms with Crippen molar-refractivity contribution in [2.24, 2.45) is 0 Å². The smallest absolute Gasteiger partial charge is 0.0582 e. The molecule has 0 aliphatic rings. The van der Waals surface area contributed by atoms with Gasteiger partial charge >= 0.3 is 0 Å². The first kappa shape index (κ1) is 6.47. The summed E-state index contributed by atoms with van der Waals surface area (Å²) >= 11 is 0. The topological polar surface area (TPSA) is 4.93 Å². The maximum atomic E-state index is 5.40. The van der Waals surface area contributed by atoms with Crippen molar-refractivity contribution in [3.63, 3.8) is 0 Å². The Morgan fingerprint density at radius 2 is 2.00 bits per heavy atom. The highest BCUT2D eigenvalue weighted by molar-refractivity contribution is 5.80. The molecule has 1 heteroatoms. The number of rotatable bonds is 1. The third kappa shape index (κ3) is 0.929. The Labute approximate surface area is 66.3 Å². The molecule has 1 nitrogen and oxygen atoms in total. The van der Waals surface area contributed by atoms with Gasteiger partial charge in [0, 0.05) is 11.7 Å². The van der Waals surface area contributed by atoms with Gasteiger partial charge in [0.2, 0.25) is 0 Å². The van der Waals surface area contributed by atoms with Gasteiger partial charge in [-0.25, -0.2) is 0 Å². The van der Waals surface area contributed by atoms with Gasteiger partial charge in [0.25, 0.3) is 0 Å². The average molecular weight is 142 g/mol. The summed E-state index contributed by atoms with van der Waals surface area (Å²) in [4.78, 5) is 0. The van der Waals surface area contributed by atoms with E-state index in [1.54, 1.807) is 6.54 Å². The van der Waals surface area contributed by atoms with Crippen LogP contribution < -0.4 is 0 Å². The largest absolute Gasteiger partial charge is 0.342 e. The fourth-order valence-electron chi connectivity index (χ4n) is 1.23. The molecule has 0 aliphatic carbocycles. The molecule has 2 rings (SSSR count). The number of hydrogen-bond donors (Lipinski definition) is 0. The van der Waals surface area contributed by atoms with Gasteiger partial charge in [-0.1, -0.05) is 18.2 Å². The quantitative estimate of drug-likeness (QED) is 0.576. The van der Waals surface area contributed by atoms with E-state index in [4.69, 9.17) is 6.92 Å². The molecule has 1 aromatic heterocycles. The summed E-state index contributed by atoms with van der Waals surface area (Å²) in [6.45, 7) is 6.96. The van der Waals surface area contributed by atoms with Crippen LogP contribution in [0, 0.1) is 13.5 Å². The predicted octanol–water partition coefficient (Wildman–Crippen LogP) is 2.36. The zero-order chi connectivity index (χ0) is 7.68. The normalized spacial score (nSPS) is 10.6. The van der Waals surface area contributed by atoms with Gasteiger partial charge in [0.1, 0.15) is 0 Å². The van der Waals surface area contributed by atoms with Crippen molar-refractivity contribution in [1.29, 1.82) is 0 Å². The zero-order valence-electron chi connectivity index (χ0n) is 6.07. The monoisotopic (exact) mass is 142 g/mol. The third-order valence-corrected chi connectivity index (χ3v) is 1.79. The first-order valence-electron chi connectivity index (χ1n) is 3.52. The Bertz CT molecular complexity index is 360. The van der Waals surface area contributed by atoms with Crippen molar-refractivity contribution in [3.05, 3.63) is 50.0 Å². The minimum absolute atomic E-state index is 1.15. The lowest BCUT2D eigenvalue weighted by Gasteiger charge is -1.97. The highest BCUT2D eigenvalue weighted by Gasteiger charge is 1.95. The standard InChI is InChI=1S/C10H8N/c1-2-11-8-7-9-5-3-4-6-10(9)11/h1-8H. The van der Waals surface area contributed by atoms with Crippen molar-refractivity contribution >= 4 is 10.9 Å². The number of fused-ring (bicyclic) bond motifs is 1. The van der Waals surface area contributed by atoms with Crippen molar-refractivity contribution in [2.75, 3.05) is 0 Å². The SMILES string of the molecule is [CH][CH]n1ccc2ccccc21. The van der Waals surface area contributed by atoms with Crippen LogP contribution in [-0.4, -0.2) is 4.57 Å². The first-order chi connectivity index (χ1) is 5.42. The molecular weight excluding hydrogens is 134 g/mol. The van der Waals surface area contributed by atoms with E-state index in [-0.39, 0.29) is 0 Å². The van der Waals surface area contributed by atoms with Gasteiger partial charge in [0.05, 0.1) is 6.54 Å². The van der Waals surface area contributed by atoms with Crippen LogP contribution in [0.15, 0.2) is 36.5 Å². The van der Waals surface area contributed by atoms with E-state index >= 15 is 0 Å². The second-order valence-corrected chi connectivity index (χ2v) is 2.43. The second kappa shape index (κ2) is 2.42. The second-order valence-electron chi connectivity index (χ2n) is 2.43. The molecule has 0 fully saturated rings. The first-order valence-corrected chi connectivity index (χ1v) is 3.52. The molecule has 1 heterocycles. The van der Waals surface area contributed by atoms with Crippen LogP contribution in [0.3, 0.4) is 0 Å². The lowest BCUT2D eigenvalue weighted by molar-refractivity contribution is 1.06. The number of benzene rings is 1. The van der Waals surface area contributed by atoms with Crippen LogP contribution >= 0.6 is 0 Å². The van der Waals surface area contributed by atoms with E-state index in [2.05, 4.69) is 6.07 Å². The average Bonchev–Trinajstić information content (AvgIpc) is 2.47. The highest BCUT2D eigenvalue weighted by Crippen LogP contribution is 2.14. The highest BCUT2D eigenvalue weighted by atomic mass is 14.9. The molecule has 0 bridgehead atoms. The van der Waals surface area contributed by atoms with Gasteiger partial charge in [-0.3, -0.25) is 0 Å². The zero-order valence-corrected chi connectivity index (χ0v) is 6.07. The molecule has 11 heavy (non-hydrogen) atoms. The summed E-state index contributed by atoms with van der Waals surface area (Å²) in [5, 5.41) is 1.22. The number of hydrogen-bond acceptors (Lipinski definition) is 0. The van der Waals surface area contributed by atoms with Gasteiger partial charge in [-0.2, -0.15) is 0 Å². The Balaban J connectivity index is 2.76. The molecular formula is C10H8N. The predicted molar refractivity (Wildman–Crippen MR) is 45.9 cm³/mol. The van der Waals surface area contributed by atoms with Crippen molar-refractivity contribution < 1.29 is 0 Å². The Morgan fingerprint density at radius 3 is 2.82 bits per heavy atom. The molecule has 0 N–H and O–H groups in total. The summed E-state index contributed by atoms with van der Waals surface area (Å²) in [6.07, 6.45) is 1.95. The van der Waals surface area contributed by atoms with Crippen LogP contribution in [0.25, 0.3) is 10.9 Å². The Morgan fingerprint density at radius 1 is 1.18 bits per heavy atom. The molecule has 0 aliphatic heterocycles. The summed E-state index contributed by atoms with van der Waals surface area (Å²) in [7, 11) is 0. The fourth-order valence-corrected chi connectivity index (χ4v) is 1.23. The number of aromatic nitrogens is 1. The fraction of sp³-hybridized carbons (Fsp3) is 0. The van der Waals surface area contributed by atoms with Crippen LogP contribution in [0.5, 0.6) is 0 Å². The van der Waals surface area contributed by atoms with Gasteiger partial charge < -0.3 is 4.57 Å². The maximum Gasteiger partial charge on any atom is 0.0582 e. The van der Waals surface area contributed by atoms with E-state index in [1.807, 2.05) is 35.0 Å². The Kier molecular flexibility index (Phi) is 1.42. The summed E-state index contributed by atoms with van der Waals surface area (Å²) in [5.74, 6) is 0. The van der Waals surface area contributed by atoms with Gasteiger partial charge in [0.15, 0.2) is 0 Å². The molecule has 3 radical (unpaired) electrons. The van der Waals surface area contributed by atoms with Crippen LogP contribution in [0.4, 0.5) is 0 Å². The molecule has 0 unspecified atom stereocenters. The van der Waals surface area contributed by atoms with Crippen molar-refractivity contribution in [1.82, 2.24) is 4.57 Å². The van der Waals surface area contributed by atoms with Gasteiger partial charge in [-0.05, 0) is 24.4 Å². The molecule has 2 aromatic rings. The summed E-state index contributed by atoms with van der Waals surface area (Å²) < 4.78 is 1.90. The molecule has 0 amide bonds. The minimum Gasteiger partial charge on any atom is -0.342 e. The molecule has 53 valence electrons. The number of nitrogens with zero attached hydrogens (tertiary/aromatic N) is 1. The van der Waals surface area contributed by atoms with Crippen molar-refractivity contribution in [3.8, 4) is 0 Å². The lowest BCUT2D eigenvalue weighted by Crippen LogP contribution is -1.86.